The van der Waals surface area contributed by atoms with Crippen molar-refractivity contribution in [2.24, 2.45) is 0 Å². The summed E-state index contributed by atoms with van der Waals surface area (Å²) in [7, 11) is 0. The Morgan fingerprint density at radius 3 is 1.88 bits per heavy atom. The van der Waals surface area contributed by atoms with Crippen LogP contribution in [-0.2, 0) is 12.8 Å². The van der Waals surface area contributed by atoms with Crippen molar-refractivity contribution < 1.29 is 14.2 Å². The third kappa shape index (κ3) is 2.49. The normalized spacial score (nSPS) is 24.6. The maximum absolute atomic E-state index is 6.42. The average Bonchev–Trinajstić information content (AvgIpc) is 2.45. The summed E-state index contributed by atoms with van der Waals surface area (Å²) in [6, 6.07) is 0. The quantitative estimate of drug-likeness (QED) is 0.665. The topological polar surface area (TPSA) is 27.7 Å². The molecule has 3 heterocycles. The molecule has 0 aromatic heterocycles. The van der Waals surface area contributed by atoms with Crippen LogP contribution in [0.15, 0.2) is 6.08 Å². The second-order valence-electron chi connectivity index (χ2n) is 9.12. The molecule has 3 aliphatic rings. The lowest BCUT2D eigenvalue weighted by Crippen LogP contribution is -2.38. The summed E-state index contributed by atoms with van der Waals surface area (Å²) in [4.78, 5) is 0. The van der Waals surface area contributed by atoms with Crippen LogP contribution in [0.1, 0.15) is 71.1 Å². The van der Waals surface area contributed by atoms with Gasteiger partial charge in [-0.25, -0.2) is 0 Å². The molecule has 0 saturated heterocycles. The van der Waals surface area contributed by atoms with E-state index in [4.69, 9.17) is 14.2 Å². The molecule has 130 valence electrons. The molecule has 0 amide bonds. The van der Waals surface area contributed by atoms with Crippen LogP contribution in [-0.4, -0.2) is 16.8 Å². The van der Waals surface area contributed by atoms with Crippen molar-refractivity contribution in [3.05, 3.63) is 22.8 Å². The molecular formula is C21H28O3. The minimum Gasteiger partial charge on any atom is -0.484 e. The number of ether oxygens (including phenoxy) is 3. The van der Waals surface area contributed by atoms with Gasteiger partial charge in [-0.15, -0.1) is 0 Å². The van der Waals surface area contributed by atoms with Gasteiger partial charge in [-0.2, -0.15) is 0 Å². The van der Waals surface area contributed by atoms with Crippen molar-refractivity contribution in [1.82, 2.24) is 0 Å². The fourth-order valence-corrected chi connectivity index (χ4v) is 3.87. The van der Waals surface area contributed by atoms with Gasteiger partial charge in [0.25, 0.3) is 0 Å². The summed E-state index contributed by atoms with van der Waals surface area (Å²) in [6.07, 6.45) is 8.32. The predicted octanol–water partition coefficient (Wildman–Crippen LogP) is 5.08. The number of hydrogen-bond acceptors (Lipinski definition) is 3. The van der Waals surface area contributed by atoms with E-state index in [0.29, 0.717) is 0 Å². The van der Waals surface area contributed by atoms with Gasteiger partial charge in [0.05, 0.1) is 0 Å². The van der Waals surface area contributed by atoms with E-state index in [2.05, 4.69) is 53.7 Å². The molecular weight excluding hydrogens is 300 g/mol. The molecule has 3 heteroatoms. The first-order valence-corrected chi connectivity index (χ1v) is 9.05. The highest BCUT2D eigenvalue weighted by Gasteiger charge is 2.40. The Morgan fingerprint density at radius 2 is 1.25 bits per heavy atom. The standard InChI is InChI=1S/C21H28O3/c1-19(2)10-7-13-14-8-11-20(3,4)23-17(14)18-15(16(13)22-19)9-12-21(5,6)24-18/h7,10H,8-9,11-12H2,1-6H3. The summed E-state index contributed by atoms with van der Waals surface area (Å²) >= 11 is 0. The first-order chi connectivity index (χ1) is 11.1. The van der Waals surface area contributed by atoms with Crippen LogP contribution in [0.25, 0.3) is 6.08 Å². The second kappa shape index (κ2) is 4.71. The summed E-state index contributed by atoms with van der Waals surface area (Å²) < 4.78 is 19.2. The van der Waals surface area contributed by atoms with E-state index in [9.17, 15) is 0 Å². The Labute approximate surface area is 145 Å². The maximum atomic E-state index is 6.42. The minimum atomic E-state index is -0.281. The van der Waals surface area contributed by atoms with Crippen molar-refractivity contribution in [1.29, 1.82) is 0 Å². The largest absolute Gasteiger partial charge is 0.484 e. The smallest absolute Gasteiger partial charge is 0.169 e. The first-order valence-electron chi connectivity index (χ1n) is 9.05. The number of hydrogen-bond donors (Lipinski definition) is 0. The molecule has 0 aliphatic carbocycles. The summed E-state index contributed by atoms with van der Waals surface area (Å²) in [6.45, 7) is 12.8. The average molecular weight is 328 g/mol. The van der Waals surface area contributed by atoms with Crippen molar-refractivity contribution in [2.45, 2.75) is 84.0 Å². The fourth-order valence-electron chi connectivity index (χ4n) is 3.87. The Hall–Kier alpha value is -1.64. The highest BCUT2D eigenvalue weighted by atomic mass is 16.5. The molecule has 4 rings (SSSR count). The van der Waals surface area contributed by atoms with E-state index in [1.807, 2.05) is 0 Å². The highest BCUT2D eigenvalue weighted by molar-refractivity contribution is 5.75. The van der Waals surface area contributed by atoms with E-state index in [-0.39, 0.29) is 16.8 Å². The van der Waals surface area contributed by atoms with Gasteiger partial charge in [0.15, 0.2) is 11.5 Å². The predicted molar refractivity (Wildman–Crippen MR) is 96.2 cm³/mol. The maximum Gasteiger partial charge on any atom is 0.169 e. The van der Waals surface area contributed by atoms with Gasteiger partial charge in [-0.05, 0) is 73.3 Å². The summed E-state index contributed by atoms with van der Waals surface area (Å²) in [5, 5.41) is 0. The third-order valence-electron chi connectivity index (χ3n) is 5.33. The van der Waals surface area contributed by atoms with Gasteiger partial charge >= 0.3 is 0 Å². The first kappa shape index (κ1) is 15.9. The van der Waals surface area contributed by atoms with Gasteiger partial charge in [-0.1, -0.05) is 6.08 Å². The van der Waals surface area contributed by atoms with E-state index < -0.39 is 0 Å². The van der Waals surface area contributed by atoms with Crippen LogP contribution in [0.3, 0.4) is 0 Å². The monoisotopic (exact) mass is 328 g/mol. The third-order valence-corrected chi connectivity index (χ3v) is 5.33. The highest BCUT2D eigenvalue weighted by Crippen LogP contribution is 2.54. The zero-order valence-corrected chi connectivity index (χ0v) is 15.7. The van der Waals surface area contributed by atoms with E-state index in [1.54, 1.807) is 0 Å². The van der Waals surface area contributed by atoms with Crippen LogP contribution in [0.4, 0.5) is 0 Å². The van der Waals surface area contributed by atoms with Crippen LogP contribution in [0, 0.1) is 0 Å². The zero-order chi connectivity index (χ0) is 17.3. The lowest BCUT2D eigenvalue weighted by Gasteiger charge is -2.42. The molecule has 3 nitrogen and oxygen atoms in total. The number of rotatable bonds is 0. The van der Waals surface area contributed by atoms with E-state index in [1.165, 1.54) is 16.7 Å². The molecule has 24 heavy (non-hydrogen) atoms. The number of fused-ring (bicyclic) bond motifs is 6. The van der Waals surface area contributed by atoms with Crippen molar-refractivity contribution in [2.75, 3.05) is 0 Å². The summed E-state index contributed by atoms with van der Waals surface area (Å²) in [5.74, 6) is 2.87. The van der Waals surface area contributed by atoms with Crippen LogP contribution in [0.5, 0.6) is 17.2 Å². The molecule has 0 spiro atoms. The number of benzene rings is 1. The van der Waals surface area contributed by atoms with E-state index >= 15 is 0 Å². The van der Waals surface area contributed by atoms with Crippen molar-refractivity contribution >= 4 is 6.08 Å². The Balaban J connectivity index is 1.96. The molecule has 0 fully saturated rings. The lowest BCUT2D eigenvalue weighted by atomic mass is 9.84. The Bertz CT molecular complexity index is 738. The van der Waals surface area contributed by atoms with Gasteiger partial charge in [0.1, 0.15) is 22.6 Å². The second-order valence-corrected chi connectivity index (χ2v) is 9.12. The molecule has 0 saturated carbocycles. The van der Waals surface area contributed by atoms with Crippen LogP contribution >= 0.6 is 0 Å². The molecule has 3 aliphatic heterocycles. The van der Waals surface area contributed by atoms with Crippen LogP contribution in [0.2, 0.25) is 0 Å². The van der Waals surface area contributed by atoms with Gasteiger partial charge in [-0.3, -0.25) is 0 Å². The fraction of sp³-hybridized carbons (Fsp3) is 0.619. The zero-order valence-electron chi connectivity index (χ0n) is 15.7. The molecule has 0 unspecified atom stereocenters. The van der Waals surface area contributed by atoms with Gasteiger partial charge in [0, 0.05) is 16.7 Å². The molecule has 0 bridgehead atoms. The van der Waals surface area contributed by atoms with Gasteiger partial charge in [0.2, 0.25) is 0 Å². The molecule has 0 radical (unpaired) electrons. The van der Waals surface area contributed by atoms with Crippen molar-refractivity contribution in [3.63, 3.8) is 0 Å². The van der Waals surface area contributed by atoms with E-state index in [0.717, 1.165) is 42.9 Å². The molecule has 1 aromatic carbocycles. The molecule has 0 atom stereocenters. The Morgan fingerprint density at radius 1 is 0.708 bits per heavy atom. The lowest BCUT2D eigenvalue weighted by molar-refractivity contribution is 0.0477. The molecule has 1 aromatic rings. The van der Waals surface area contributed by atoms with Crippen molar-refractivity contribution in [3.8, 4) is 17.2 Å². The SMILES string of the molecule is CC1(C)C=Cc2c3c(c4c(c2O1)CCC(C)(C)O4)OC(C)(C)CC3. The van der Waals surface area contributed by atoms with Crippen LogP contribution < -0.4 is 14.2 Å². The molecule has 0 N–H and O–H groups in total. The summed E-state index contributed by atoms with van der Waals surface area (Å²) in [5.41, 5.74) is 3.02. The minimum absolute atomic E-state index is 0.154. The Kier molecular flexibility index (Phi) is 3.11. The van der Waals surface area contributed by atoms with Gasteiger partial charge < -0.3 is 14.2 Å².